The van der Waals surface area contributed by atoms with E-state index in [4.69, 9.17) is 14.6 Å². The van der Waals surface area contributed by atoms with Crippen LogP contribution in [-0.4, -0.2) is 62.5 Å². The molecule has 0 bridgehead atoms. The second kappa shape index (κ2) is 10.5. The third-order valence-corrected chi connectivity index (χ3v) is 3.05. The van der Waals surface area contributed by atoms with Gasteiger partial charge >= 0.3 is 5.97 Å². The van der Waals surface area contributed by atoms with Crippen molar-refractivity contribution >= 4 is 23.4 Å². The molecule has 1 aromatic rings. The maximum absolute atomic E-state index is 11.6. The fourth-order valence-corrected chi connectivity index (χ4v) is 1.83. The number of nitrogens with one attached hydrogen (secondary N) is 1. The smallest absolute Gasteiger partial charge is 0.303 e. The second-order valence-corrected chi connectivity index (χ2v) is 4.82. The SMILES string of the molecule is COCCN(CCOC)c1ccc(NC(=O)CCC(=O)O)cn1. The van der Waals surface area contributed by atoms with Crippen LogP contribution < -0.4 is 10.2 Å². The number of hydrogen-bond donors (Lipinski definition) is 2. The van der Waals surface area contributed by atoms with Gasteiger partial charge in [0.25, 0.3) is 0 Å². The van der Waals surface area contributed by atoms with Gasteiger partial charge in [0.05, 0.1) is 31.5 Å². The van der Waals surface area contributed by atoms with E-state index in [1.165, 1.54) is 0 Å². The van der Waals surface area contributed by atoms with Gasteiger partial charge in [-0.1, -0.05) is 0 Å². The number of nitrogens with zero attached hydrogens (tertiary/aromatic N) is 2. The molecule has 1 rings (SSSR count). The number of aromatic nitrogens is 1. The molecule has 1 amide bonds. The summed E-state index contributed by atoms with van der Waals surface area (Å²) in [4.78, 5) is 28.3. The number of pyridine rings is 1. The minimum absolute atomic E-state index is 0.0646. The molecule has 0 aliphatic rings. The van der Waals surface area contributed by atoms with Gasteiger partial charge in [0, 0.05) is 33.7 Å². The Morgan fingerprint density at radius 1 is 1.17 bits per heavy atom. The molecular formula is C15H23N3O5. The number of carbonyl (C=O) groups is 2. The first kappa shape index (κ1) is 18.9. The Labute approximate surface area is 135 Å². The lowest BCUT2D eigenvalue weighted by atomic mass is 10.3. The summed E-state index contributed by atoms with van der Waals surface area (Å²) in [5, 5.41) is 11.2. The first-order chi connectivity index (χ1) is 11.1. The number of carboxylic acid groups (broad SMARTS) is 1. The van der Waals surface area contributed by atoms with E-state index in [1.54, 1.807) is 32.5 Å². The van der Waals surface area contributed by atoms with Crippen molar-refractivity contribution in [2.45, 2.75) is 12.8 Å². The number of hydrogen-bond acceptors (Lipinski definition) is 6. The van der Waals surface area contributed by atoms with Crippen LogP contribution in [0.15, 0.2) is 18.3 Å². The quantitative estimate of drug-likeness (QED) is 0.625. The number of ether oxygens (including phenoxy) is 2. The molecule has 0 saturated carbocycles. The topological polar surface area (TPSA) is 101 Å². The standard InChI is InChI=1S/C15H23N3O5/c1-22-9-7-18(8-10-23-2)13-4-3-12(11-16-13)17-14(19)5-6-15(20)21/h3-4,11H,5-10H2,1-2H3,(H,17,19)(H,20,21). The van der Waals surface area contributed by atoms with E-state index in [2.05, 4.69) is 10.3 Å². The van der Waals surface area contributed by atoms with Crippen LogP contribution in [0.3, 0.4) is 0 Å². The van der Waals surface area contributed by atoms with Crippen molar-refractivity contribution in [3.8, 4) is 0 Å². The number of anilines is 2. The Hall–Kier alpha value is -2.19. The Morgan fingerprint density at radius 3 is 2.30 bits per heavy atom. The second-order valence-electron chi connectivity index (χ2n) is 4.82. The lowest BCUT2D eigenvalue weighted by molar-refractivity contribution is -0.138. The number of amides is 1. The third kappa shape index (κ3) is 7.57. The van der Waals surface area contributed by atoms with Gasteiger partial charge in [0.1, 0.15) is 5.82 Å². The van der Waals surface area contributed by atoms with Crippen LogP contribution in [0, 0.1) is 0 Å². The van der Waals surface area contributed by atoms with E-state index in [0.29, 0.717) is 32.0 Å². The van der Waals surface area contributed by atoms with E-state index in [0.717, 1.165) is 5.82 Å². The summed E-state index contributed by atoms with van der Waals surface area (Å²) in [5.41, 5.74) is 0.530. The van der Waals surface area contributed by atoms with E-state index >= 15 is 0 Å². The number of carboxylic acids is 1. The number of aliphatic carboxylic acids is 1. The molecule has 0 aliphatic carbocycles. The Bertz CT molecular complexity index is 484. The lowest BCUT2D eigenvalue weighted by Crippen LogP contribution is -2.31. The van der Waals surface area contributed by atoms with E-state index in [9.17, 15) is 9.59 Å². The van der Waals surface area contributed by atoms with Gasteiger partial charge in [-0.25, -0.2) is 4.98 Å². The molecule has 23 heavy (non-hydrogen) atoms. The van der Waals surface area contributed by atoms with Crippen LogP contribution in [0.4, 0.5) is 11.5 Å². The van der Waals surface area contributed by atoms with E-state index in [-0.39, 0.29) is 18.7 Å². The van der Waals surface area contributed by atoms with Crippen LogP contribution in [-0.2, 0) is 19.1 Å². The van der Waals surface area contributed by atoms with E-state index < -0.39 is 5.97 Å². The summed E-state index contributed by atoms with van der Waals surface area (Å²) < 4.78 is 10.2. The van der Waals surface area contributed by atoms with Crippen molar-refractivity contribution in [1.29, 1.82) is 0 Å². The Morgan fingerprint density at radius 2 is 1.83 bits per heavy atom. The highest BCUT2D eigenvalue weighted by Crippen LogP contribution is 2.14. The van der Waals surface area contributed by atoms with E-state index in [1.807, 2.05) is 4.90 Å². The third-order valence-electron chi connectivity index (χ3n) is 3.05. The molecule has 1 heterocycles. The maximum atomic E-state index is 11.6. The van der Waals surface area contributed by atoms with Gasteiger partial charge < -0.3 is 24.8 Å². The summed E-state index contributed by atoms with van der Waals surface area (Å²) >= 11 is 0. The highest BCUT2D eigenvalue weighted by atomic mass is 16.5. The summed E-state index contributed by atoms with van der Waals surface area (Å²) in [7, 11) is 3.27. The molecule has 128 valence electrons. The molecule has 0 atom stereocenters. The van der Waals surface area contributed by atoms with Gasteiger partial charge in [-0.2, -0.15) is 0 Å². The van der Waals surface area contributed by atoms with Crippen molar-refractivity contribution in [3.63, 3.8) is 0 Å². The summed E-state index contributed by atoms with van der Waals surface area (Å²) in [6, 6.07) is 3.52. The molecule has 0 aromatic carbocycles. The average molecular weight is 325 g/mol. The number of rotatable bonds is 11. The first-order valence-corrected chi connectivity index (χ1v) is 7.27. The highest BCUT2D eigenvalue weighted by Gasteiger charge is 2.09. The zero-order chi connectivity index (χ0) is 17.1. The number of carbonyl (C=O) groups excluding carboxylic acids is 1. The van der Waals surface area contributed by atoms with Crippen molar-refractivity contribution in [3.05, 3.63) is 18.3 Å². The fourth-order valence-electron chi connectivity index (χ4n) is 1.83. The number of methoxy groups -OCH3 is 2. The predicted octanol–water partition coefficient (Wildman–Crippen LogP) is 0.984. The van der Waals surface area contributed by atoms with Gasteiger partial charge in [0.15, 0.2) is 0 Å². The minimum Gasteiger partial charge on any atom is -0.481 e. The molecule has 0 fully saturated rings. The highest BCUT2D eigenvalue weighted by molar-refractivity contribution is 5.92. The first-order valence-electron chi connectivity index (χ1n) is 7.27. The predicted molar refractivity (Wildman–Crippen MR) is 85.7 cm³/mol. The van der Waals surface area contributed by atoms with Crippen molar-refractivity contribution in [1.82, 2.24) is 4.98 Å². The van der Waals surface area contributed by atoms with Crippen LogP contribution in [0.5, 0.6) is 0 Å². The molecular weight excluding hydrogens is 302 g/mol. The summed E-state index contributed by atoms with van der Waals surface area (Å²) in [6.07, 6.45) is 1.28. The molecule has 0 saturated heterocycles. The molecule has 1 aromatic heterocycles. The Kier molecular flexibility index (Phi) is 8.63. The van der Waals surface area contributed by atoms with Crippen molar-refractivity contribution in [2.24, 2.45) is 0 Å². The van der Waals surface area contributed by atoms with Crippen LogP contribution in [0.25, 0.3) is 0 Å². The molecule has 8 heteroatoms. The monoisotopic (exact) mass is 325 g/mol. The lowest BCUT2D eigenvalue weighted by Gasteiger charge is -2.23. The maximum Gasteiger partial charge on any atom is 0.303 e. The molecule has 0 unspecified atom stereocenters. The average Bonchev–Trinajstić information content (AvgIpc) is 2.54. The van der Waals surface area contributed by atoms with Crippen LogP contribution in [0.2, 0.25) is 0 Å². The van der Waals surface area contributed by atoms with Crippen molar-refractivity contribution in [2.75, 3.05) is 50.7 Å². The zero-order valence-electron chi connectivity index (χ0n) is 13.4. The molecule has 0 aliphatic heterocycles. The largest absolute Gasteiger partial charge is 0.481 e. The van der Waals surface area contributed by atoms with Gasteiger partial charge in [-0.3, -0.25) is 9.59 Å². The fraction of sp³-hybridized carbons (Fsp3) is 0.533. The molecule has 8 nitrogen and oxygen atoms in total. The normalized spacial score (nSPS) is 10.3. The Balaban J connectivity index is 2.61. The summed E-state index contributed by atoms with van der Waals surface area (Å²) in [5.74, 6) is -0.597. The van der Waals surface area contributed by atoms with Gasteiger partial charge in [0.2, 0.25) is 5.91 Å². The van der Waals surface area contributed by atoms with Crippen molar-refractivity contribution < 1.29 is 24.2 Å². The van der Waals surface area contributed by atoms with Crippen LogP contribution in [0.1, 0.15) is 12.8 Å². The molecule has 0 spiro atoms. The van der Waals surface area contributed by atoms with Gasteiger partial charge in [-0.15, -0.1) is 0 Å². The molecule has 0 radical (unpaired) electrons. The summed E-state index contributed by atoms with van der Waals surface area (Å²) in [6.45, 7) is 2.49. The molecule has 2 N–H and O–H groups in total. The van der Waals surface area contributed by atoms with Gasteiger partial charge in [-0.05, 0) is 12.1 Å². The zero-order valence-corrected chi connectivity index (χ0v) is 13.4. The van der Waals surface area contributed by atoms with Crippen LogP contribution >= 0.6 is 0 Å². The minimum atomic E-state index is -0.999.